The second-order valence-corrected chi connectivity index (χ2v) is 4.69. The second-order valence-electron chi connectivity index (χ2n) is 4.69. The maximum Gasteiger partial charge on any atom is 0.267 e. The first-order chi connectivity index (χ1) is 8.75. The summed E-state index contributed by atoms with van der Waals surface area (Å²) in [5.74, 6) is 0. The van der Waals surface area contributed by atoms with Crippen LogP contribution in [0.4, 0.5) is 5.69 Å². The summed E-state index contributed by atoms with van der Waals surface area (Å²) in [5.41, 5.74) is 10.3. The Morgan fingerprint density at radius 3 is 2.44 bits per heavy atom. The molecule has 2 aromatic rings. The minimum atomic E-state index is -0.0381. The van der Waals surface area contributed by atoms with Crippen molar-refractivity contribution in [3.63, 3.8) is 0 Å². The third-order valence-electron chi connectivity index (χ3n) is 3.48. The van der Waals surface area contributed by atoms with Gasteiger partial charge in [0.25, 0.3) is 5.56 Å². The molecule has 0 unspecified atom stereocenters. The standard InChI is InChI=1S/C14H15N3O/c15-10-7-5-9(6-8-10)13-11-3-1-2-4-12(11)14(18)17-16-13/h5-8H,1-4,15H2,(H,17,18). The number of anilines is 1. The van der Waals surface area contributed by atoms with Gasteiger partial charge < -0.3 is 5.73 Å². The minimum absolute atomic E-state index is 0.0381. The zero-order valence-electron chi connectivity index (χ0n) is 10.1. The molecule has 4 nitrogen and oxygen atoms in total. The first-order valence-electron chi connectivity index (χ1n) is 6.22. The van der Waals surface area contributed by atoms with Crippen LogP contribution >= 0.6 is 0 Å². The maximum atomic E-state index is 11.8. The third-order valence-corrected chi connectivity index (χ3v) is 3.48. The van der Waals surface area contributed by atoms with Gasteiger partial charge in [0.2, 0.25) is 0 Å². The molecule has 1 aliphatic carbocycles. The van der Waals surface area contributed by atoms with Crippen molar-refractivity contribution in [1.29, 1.82) is 0 Å². The Hall–Kier alpha value is -2.10. The SMILES string of the molecule is Nc1ccc(-c2n[nH]c(=O)c3c2CCCC3)cc1. The van der Waals surface area contributed by atoms with Crippen LogP contribution in [0.15, 0.2) is 29.1 Å². The molecule has 0 amide bonds. The van der Waals surface area contributed by atoms with E-state index in [1.54, 1.807) is 0 Å². The van der Waals surface area contributed by atoms with Crippen molar-refractivity contribution >= 4 is 5.69 Å². The first-order valence-corrected chi connectivity index (χ1v) is 6.22. The van der Waals surface area contributed by atoms with Gasteiger partial charge in [-0.3, -0.25) is 4.79 Å². The molecular weight excluding hydrogens is 226 g/mol. The second kappa shape index (κ2) is 4.29. The van der Waals surface area contributed by atoms with Crippen LogP contribution in [0, 0.1) is 0 Å². The van der Waals surface area contributed by atoms with Gasteiger partial charge in [-0.05, 0) is 43.4 Å². The maximum absolute atomic E-state index is 11.8. The van der Waals surface area contributed by atoms with E-state index in [1.165, 1.54) is 0 Å². The van der Waals surface area contributed by atoms with E-state index < -0.39 is 0 Å². The van der Waals surface area contributed by atoms with Crippen molar-refractivity contribution in [1.82, 2.24) is 10.2 Å². The van der Waals surface area contributed by atoms with Gasteiger partial charge in [0.05, 0.1) is 5.69 Å². The van der Waals surface area contributed by atoms with Gasteiger partial charge in [0.1, 0.15) is 0 Å². The number of nitrogens with two attached hydrogens (primary N) is 1. The minimum Gasteiger partial charge on any atom is -0.399 e. The van der Waals surface area contributed by atoms with Crippen molar-refractivity contribution < 1.29 is 0 Å². The van der Waals surface area contributed by atoms with Crippen LogP contribution in [-0.2, 0) is 12.8 Å². The van der Waals surface area contributed by atoms with E-state index in [0.717, 1.165) is 53.8 Å². The van der Waals surface area contributed by atoms with Crippen molar-refractivity contribution in [3.8, 4) is 11.3 Å². The lowest BCUT2D eigenvalue weighted by molar-refractivity contribution is 0.669. The summed E-state index contributed by atoms with van der Waals surface area (Å²) in [7, 11) is 0. The van der Waals surface area contributed by atoms with E-state index in [4.69, 9.17) is 5.73 Å². The lowest BCUT2D eigenvalue weighted by Gasteiger charge is -2.17. The van der Waals surface area contributed by atoms with E-state index in [-0.39, 0.29) is 5.56 Å². The Balaban J connectivity index is 2.18. The lowest BCUT2D eigenvalue weighted by atomic mass is 9.90. The molecule has 1 aliphatic rings. The number of aromatic amines is 1. The number of aromatic nitrogens is 2. The number of nitrogen functional groups attached to an aromatic ring is 1. The number of fused-ring (bicyclic) bond motifs is 1. The molecule has 0 spiro atoms. The number of rotatable bonds is 1. The Labute approximate surface area is 105 Å². The Kier molecular flexibility index (Phi) is 2.63. The van der Waals surface area contributed by atoms with E-state index in [1.807, 2.05) is 24.3 Å². The highest BCUT2D eigenvalue weighted by Gasteiger charge is 2.18. The Bertz CT molecular complexity index is 628. The van der Waals surface area contributed by atoms with E-state index in [9.17, 15) is 4.79 Å². The van der Waals surface area contributed by atoms with Crippen LogP contribution in [0.1, 0.15) is 24.0 Å². The van der Waals surface area contributed by atoms with Gasteiger partial charge in [-0.15, -0.1) is 0 Å². The van der Waals surface area contributed by atoms with Crippen LogP contribution in [-0.4, -0.2) is 10.2 Å². The van der Waals surface area contributed by atoms with Gasteiger partial charge in [-0.1, -0.05) is 12.1 Å². The van der Waals surface area contributed by atoms with Gasteiger partial charge >= 0.3 is 0 Å². The molecule has 1 aromatic heterocycles. The van der Waals surface area contributed by atoms with Gasteiger partial charge in [-0.2, -0.15) is 5.10 Å². The van der Waals surface area contributed by atoms with Crippen molar-refractivity contribution in [2.45, 2.75) is 25.7 Å². The smallest absolute Gasteiger partial charge is 0.267 e. The summed E-state index contributed by atoms with van der Waals surface area (Å²) in [6.45, 7) is 0. The molecule has 1 aromatic carbocycles. The Morgan fingerprint density at radius 1 is 1.06 bits per heavy atom. The average Bonchev–Trinajstić information content (AvgIpc) is 2.41. The predicted molar refractivity (Wildman–Crippen MR) is 71.3 cm³/mol. The van der Waals surface area contributed by atoms with E-state index >= 15 is 0 Å². The molecule has 0 saturated heterocycles. The summed E-state index contributed by atoms with van der Waals surface area (Å²) in [5, 5.41) is 6.82. The quantitative estimate of drug-likeness (QED) is 0.749. The molecule has 18 heavy (non-hydrogen) atoms. The Morgan fingerprint density at radius 2 is 1.72 bits per heavy atom. The topological polar surface area (TPSA) is 71.8 Å². The van der Waals surface area contributed by atoms with Crippen LogP contribution in [0.2, 0.25) is 0 Å². The molecule has 0 atom stereocenters. The zero-order valence-corrected chi connectivity index (χ0v) is 10.1. The van der Waals surface area contributed by atoms with Crippen LogP contribution in [0.5, 0.6) is 0 Å². The molecule has 0 bridgehead atoms. The highest BCUT2D eigenvalue weighted by molar-refractivity contribution is 5.66. The number of hydrogen-bond acceptors (Lipinski definition) is 3. The first kappa shape index (κ1) is 11.0. The largest absolute Gasteiger partial charge is 0.399 e. The van der Waals surface area contributed by atoms with E-state index in [2.05, 4.69) is 10.2 Å². The van der Waals surface area contributed by atoms with Crippen LogP contribution in [0.3, 0.4) is 0 Å². The normalized spacial score (nSPS) is 14.2. The fraction of sp³-hybridized carbons (Fsp3) is 0.286. The number of H-pyrrole nitrogens is 1. The highest BCUT2D eigenvalue weighted by Crippen LogP contribution is 2.27. The highest BCUT2D eigenvalue weighted by atomic mass is 16.1. The number of nitrogens with zero attached hydrogens (tertiary/aromatic N) is 1. The molecule has 3 N–H and O–H groups in total. The lowest BCUT2D eigenvalue weighted by Crippen LogP contribution is -2.21. The van der Waals surface area contributed by atoms with E-state index in [0.29, 0.717) is 0 Å². The predicted octanol–water partition coefficient (Wildman–Crippen LogP) is 1.90. The van der Waals surface area contributed by atoms with Crippen molar-refractivity contribution in [2.24, 2.45) is 0 Å². The summed E-state index contributed by atoms with van der Waals surface area (Å²) < 4.78 is 0. The summed E-state index contributed by atoms with van der Waals surface area (Å²) in [6.07, 6.45) is 4.00. The number of hydrogen-bond donors (Lipinski definition) is 2. The number of nitrogens with one attached hydrogen (secondary N) is 1. The fourth-order valence-electron chi connectivity index (χ4n) is 2.54. The fourth-order valence-corrected chi connectivity index (χ4v) is 2.54. The van der Waals surface area contributed by atoms with Crippen molar-refractivity contribution in [2.75, 3.05) is 5.73 Å². The summed E-state index contributed by atoms with van der Waals surface area (Å²) in [6, 6.07) is 7.62. The molecular formula is C14H15N3O. The third kappa shape index (κ3) is 1.79. The molecule has 0 aliphatic heterocycles. The molecule has 0 fully saturated rings. The van der Waals surface area contributed by atoms with Gasteiger partial charge in [0.15, 0.2) is 0 Å². The zero-order chi connectivity index (χ0) is 12.5. The van der Waals surface area contributed by atoms with Crippen molar-refractivity contribution in [3.05, 3.63) is 45.7 Å². The van der Waals surface area contributed by atoms with Crippen LogP contribution < -0.4 is 11.3 Å². The molecule has 4 heteroatoms. The summed E-state index contributed by atoms with van der Waals surface area (Å²) in [4.78, 5) is 11.8. The molecule has 1 heterocycles. The molecule has 0 radical (unpaired) electrons. The summed E-state index contributed by atoms with van der Waals surface area (Å²) >= 11 is 0. The molecule has 0 saturated carbocycles. The van der Waals surface area contributed by atoms with Gasteiger partial charge in [0, 0.05) is 16.8 Å². The average molecular weight is 241 g/mol. The number of benzene rings is 1. The monoisotopic (exact) mass is 241 g/mol. The van der Waals surface area contributed by atoms with Gasteiger partial charge in [-0.25, -0.2) is 5.10 Å². The molecule has 92 valence electrons. The molecule has 3 rings (SSSR count). The van der Waals surface area contributed by atoms with Crippen LogP contribution in [0.25, 0.3) is 11.3 Å².